The Kier molecular flexibility index (Phi) is 3.21. The van der Waals surface area contributed by atoms with E-state index >= 15 is 0 Å². The maximum absolute atomic E-state index is 5.72. The van der Waals surface area contributed by atoms with Crippen molar-refractivity contribution >= 4 is 27.5 Å². The molecular weight excluding hydrogens is 227 g/mol. The van der Waals surface area contributed by atoms with Crippen LogP contribution < -0.4 is 4.74 Å². The number of rotatable bonds is 2. The van der Waals surface area contributed by atoms with E-state index in [1.807, 2.05) is 0 Å². The van der Waals surface area contributed by atoms with Crippen molar-refractivity contribution in [3.63, 3.8) is 0 Å². The second kappa shape index (κ2) is 3.98. The van der Waals surface area contributed by atoms with Crippen molar-refractivity contribution in [3.05, 3.63) is 34.6 Å². The van der Waals surface area contributed by atoms with Gasteiger partial charge in [-0.3, -0.25) is 0 Å². The SMILES string of the molecule is [CH2]COc1ccc(Cl)cc1Br. The van der Waals surface area contributed by atoms with Crippen LogP contribution in [0.4, 0.5) is 0 Å². The van der Waals surface area contributed by atoms with Crippen molar-refractivity contribution in [2.45, 2.75) is 0 Å². The third-order valence-electron chi connectivity index (χ3n) is 1.15. The first kappa shape index (κ1) is 8.88. The van der Waals surface area contributed by atoms with E-state index in [-0.39, 0.29) is 0 Å². The largest absolute Gasteiger partial charge is 0.492 e. The van der Waals surface area contributed by atoms with E-state index < -0.39 is 0 Å². The molecule has 11 heavy (non-hydrogen) atoms. The Bertz CT molecular complexity index is 250. The van der Waals surface area contributed by atoms with Crippen LogP contribution in [0.15, 0.2) is 22.7 Å². The lowest BCUT2D eigenvalue weighted by molar-refractivity contribution is 0.359. The molecule has 0 aromatic heterocycles. The Hall–Kier alpha value is -0.210. The van der Waals surface area contributed by atoms with Gasteiger partial charge in [-0.25, -0.2) is 0 Å². The number of benzene rings is 1. The minimum absolute atomic E-state index is 0.417. The molecule has 0 aliphatic carbocycles. The lowest BCUT2D eigenvalue weighted by atomic mass is 10.3. The summed E-state index contributed by atoms with van der Waals surface area (Å²) in [6.07, 6.45) is 0. The molecular formula is C8H7BrClO. The second-order valence-corrected chi connectivity index (χ2v) is 3.21. The van der Waals surface area contributed by atoms with Gasteiger partial charge in [0.05, 0.1) is 11.1 Å². The third-order valence-corrected chi connectivity index (χ3v) is 2.01. The number of ether oxygens (including phenoxy) is 1. The molecule has 0 fully saturated rings. The highest BCUT2D eigenvalue weighted by Gasteiger charge is 1.99. The van der Waals surface area contributed by atoms with E-state index in [0.717, 1.165) is 10.2 Å². The molecule has 0 spiro atoms. The monoisotopic (exact) mass is 233 g/mol. The second-order valence-electron chi connectivity index (χ2n) is 1.92. The predicted molar refractivity (Wildman–Crippen MR) is 50.0 cm³/mol. The summed E-state index contributed by atoms with van der Waals surface area (Å²) in [5.41, 5.74) is 0. The summed E-state index contributed by atoms with van der Waals surface area (Å²) in [6, 6.07) is 5.36. The highest BCUT2D eigenvalue weighted by atomic mass is 79.9. The van der Waals surface area contributed by atoms with Gasteiger partial charge in [-0.15, -0.1) is 0 Å². The molecule has 0 saturated carbocycles. The van der Waals surface area contributed by atoms with Crippen LogP contribution in [0, 0.1) is 6.92 Å². The maximum Gasteiger partial charge on any atom is 0.133 e. The lowest BCUT2D eigenvalue weighted by Crippen LogP contribution is -1.91. The summed E-state index contributed by atoms with van der Waals surface area (Å²) in [5, 5.41) is 0.688. The summed E-state index contributed by atoms with van der Waals surface area (Å²) < 4.78 is 6.03. The van der Waals surface area contributed by atoms with Gasteiger partial charge < -0.3 is 4.74 Å². The first-order valence-electron chi connectivity index (χ1n) is 3.11. The third kappa shape index (κ3) is 2.38. The maximum atomic E-state index is 5.72. The number of hydrogen-bond donors (Lipinski definition) is 0. The molecule has 0 amide bonds. The van der Waals surface area contributed by atoms with Crippen molar-refractivity contribution in [2.24, 2.45) is 0 Å². The Balaban J connectivity index is 2.90. The topological polar surface area (TPSA) is 9.23 Å². The van der Waals surface area contributed by atoms with E-state index in [0.29, 0.717) is 11.6 Å². The molecule has 0 saturated heterocycles. The number of halogens is 2. The van der Waals surface area contributed by atoms with Crippen molar-refractivity contribution in [3.8, 4) is 5.75 Å². The van der Waals surface area contributed by atoms with Crippen LogP contribution in [0.2, 0.25) is 5.02 Å². The first-order valence-corrected chi connectivity index (χ1v) is 4.28. The fraction of sp³-hybridized carbons (Fsp3) is 0.125. The molecule has 1 rings (SSSR count). The van der Waals surface area contributed by atoms with Gasteiger partial charge in [0, 0.05) is 5.02 Å². The summed E-state index contributed by atoms with van der Waals surface area (Å²) in [5.74, 6) is 0.768. The lowest BCUT2D eigenvalue weighted by Gasteiger charge is -2.04. The molecule has 0 unspecified atom stereocenters. The van der Waals surface area contributed by atoms with Crippen molar-refractivity contribution in [2.75, 3.05) is 6.61 Å². The van der Waals surface area contributed by atoms with Crippen LogP contribution in [0.1, 0.15) is 0 Å². The van der Waals surface area contributed by atoms with Crippen molar-refractivity contribution in [1.29, 1.82) is 0 Å². The number of hydrogen-bond acceptors (Lipinski definition) is 1. The Morgan fingerprint density at radius 3 is 2.82 bits per heavy atom. The zero-order chi connectivity index (χ0) is 8.27. The fourth-order valence-electron chi connectivity index (χ4n) is 0.702. The van der Waals surface area contributed by atoms with Crippen molar-refractivity contribution < 1.29 is 4.74 Å². The summed E-state index contributed by atoms with van der Waals surface area (Å²) in [7, 11) is 0. The average Bonchev–Trinajstić information content (AvgIpc) is 1.95. The molecule has 0 N–H and O–H groups in total. The van der Waals surface area contributed by atoms with E-state index in [1.54, 1.807) is 18.2 Å². The van der Waals surface area contributed by atoms with Gasteiger partial charge in [-0.2, -0.15) is 0 Å². The molecule has 0 aliphatic heterocycles. The fourth-order valence-corrected chi connectivity index (χ4v) is 1.50. The van der Waals surface area contributed by atoms with Crippen LogP contribution in [-0.4, -0.2) is 6.61 Å². The van der Waals surface area contributed by atoms with Gasteiger partial charge in [-0.1, -0.05) is 11.6 Å². The van der Waals surface area contributed by atoms with Gasteiger partial charge in [0.2, 0.25) is 0 Å². The molecule has 0 aliphatic rings. The van der Waals surface area contributed by atoms with Crippen LogP contribution >= 0.6 is 27.5 Å². The molecule has 59 valence electrons. The van der Waals surface area contributed by atoms with Gasteiger partial charge >= 0.3 is 0 Å². The van der Waals surface area contributed by atoms with E-state index in [2.05, 4.69) is 22.9 Å². The van der Waals surface area contributed by atoms with Crippen LogP contribution in [-0.2, 0) is 0 Å². The first-order chi connectivity index (χ1) is 5.24. The molecule has 0 bridgehead atoms. The molecule has 1 radical (unpaired) electrons. The van der Waals surface area contributed by atoms with Crippen LogP contribution in [0.25, 0.3) is 0 Å². The Morgan fingerprint density at radius 1 is 1.55 bits per heavy atom. The molecule has 1 aromatic rings. The predicted octanol–water partition coefficient (Wildman–Crippen LogP) is 3.32. The van der Waals surface area contributed by atoms with Gasteiger partial charge in [0.25, 0.3) is 0 Å². The highest BCUT2D eigenvalue weighted by Crippen LogP contribution is 2.27. The molecule has 3 heteroatoms. The molecule has 0 atom stereocenters. The van der Waals surface area contributed by atoms with Gasteiger partial charge in [-0.05, 0) is 41.1 Å². The summed E-state index contributed by atoms with van der Waals surface area (Å²) in [4.78, 5) is 0. The van der Waals surface area contributed by atoms with E-state index in [9.17, 15) is 0 Å². The van der Waals surface area contributed by atoms with E-state index in [1.165, 1.54) is 0 Å². The normalized spacial score (nSPS) is 9.73. The van der Waals surface area contributed by atoms with Gasteiger partial charge in [0.15, 0.2) is 0 Å². The minimum atomic E-state index is 0.417. The molecule has 0 heterocycles. The average molecular weight is 234 g/mol. The molecule has 1 aromatic carbocycles. The zero-order valence-electron chi connectivity index (χ0n) is 5.81. The highest BCUT2D eigenvalue weighted by molar-refractivity contribution is 9.10. The quantitative estimate of drug-likeness (QED) is 0.763. The molecule has 1 nitrogen and oxygen atoms in total. The van der Waals surface area contributed by atoms with Crippen LogP contribution in [0.5, 0.6) is 5.75 Å². The summed E-state index contributed by atoms with van der Waals surface area (Å²) >= 11 is 9.03. The van der Waals surface area contributed by atoms with E-state index in [4.69, 9.17) is 16.3 Å². The standard InChI is InChI=1S/C8H7BrClO/c1-2-11-8-4-3-6(10)5-7(8)9/h3-5H,1-2H2. The van der Waals surface area contributed by atoms with Crippen LogP contribution in [0.3, 0.4) is 0 Å². The minimum Gasteiger partial charge on any atom is -0.492 e. The Labute approximate surface area is 79.4 Å². The smallest absolute Gasteiger partial charge is 0.133 e. The van der Waals surface area contributed by atoms with Crippen molar-refractivity contribution in [1.82, 2.24) is 0 Å². The van der Waals surface area contributed by atoms with Gasteiger partial charge in [0.1, 0.15) is 5.75 Å². The Morgan fingerprint density at radius 2 is 2.27 bits per heavy atom. The summed E-state index contributed by atoms with van der Waals surface area (Å²) in [6.45, 7) is 3.99. The zero-order valence-corrected chi connectivity index (χ0v) is 8.15.